The SMILES string of the molecule is Cc1cc([N+](=O)[O-])ccc1S(=O)(=O)N1CCN2CCOC[C@@H]2C1. The summed E-state index contributed by atoms with van der Waals surface area (Å²) < 4.78 is 32.6. The third kappa shape index (κ3) is 3.09. The molecule has 0 N–H and O–H groups in total. The summed E-state index contributed by atoms with van der Waals surface area (Å²) >= 11 is 0. The van der Waals surface area contributed by atoms with Crippen molar-refractivity contribution in [3.63, 3.8) is 0 Å². The lowest BCUT2D eigenvalue weighted by molar-refractivity contribution is -0.385. The average Bonchev–Trinajstić information content (AvgIpc) is 2.54. The maximum atomic E-state index is 12.9. The fourth-order valence-corrected chi connectivity index (χ4v) is 4.79. The molecule has 9 heteroatoms. The van der Waals surface area contributed by atoms with Crippen LogP contribution in [0.25, 0.3) is 0 Å². The first-order valence-corrected chi connectivity index (χ1v) is 8.90. The first-order valence-electron chi connectivity index (χ1n) is 7.46. The molecule has 0 spiro atoms. The molecule has 0 aromatic heterocycles. The Kier molecular flexibility index (Phi) is 4.37. The van der Waals surface area contributed by atoms with E-state index in [4.69, 9.17) is 4.74 Å². The van der Waals surface area contributed by atoms with Gasteiger partial charge in [-0.05, 0) is 18.6 Å². The standard InChI is InChI=1S/C14H19N3O5S/c1-11-8-12(17(18)19)2-3-14(11)23(20,21)16-5-4-15-6-7-22-10-13(15)9-16/h2-3,8,13H,4-7,9-10H2,1H3/t13-/m0/s1. The first kappa shape index (κ1) is 16.3. The molecule has 3 rings (SSSR count). The molecule has 126 valence electrons. The van der Waals surface area contributed by atoms with Gasteiger partial charge in [0.2, 0.25) is 10.0 Å². The van der Waals surface area contributed by atoms with Crippen molar-refractivity contribution in [3.8, 4) is 0 Å². The first-order chi connectivity index (χ1) is 10.9. The normalized spacial score (nSPS) is 23.4. The second kappa shape index (κ2) is 6.16. The van der Waals surface area contributed by atoms with Crippen LogP contribution in [0.1, 0.15) is 5.56 Å². The summed E-state index contributed by atoms with van der Waals surface area (Å²) in [4.78, 5) is 12.7. The summed E-state index contributed by atoms with van der Waals surface area (Å²) in [6, 6.07) is 3.94. The molecular weight excluding hydrogens is 322 g/mol. The molecule has 1 aromatic carbocycles. The van der Waals surface area contributed by atoms with Gasteiger partial charge in [0, 0.05) is 44.4 Å². The van der Waals surface area contributed by atoms with Gasteiger partial charge in [0.15, 0.2) is 0 Å². The van der Waals surface area contributed by atoms with Gasteiger partial charge in [-0.1, -0.05) is 0 Å². The van der Waals surface area contributed by atoms with Crippen LogP contribution in [0.4, 0.5) is 5.69 Å². The molecule has 0 amide bonds. The largest absolute Gasteiger partial charge is 0.378 e. The van der Waals surface area contributed by atoms with Crippen molar-refractivity contribution in [2.75, 3.05) is 39.4 Å². The molecule has 1 aromatic rings. The molecule has 0 saturated carbocycles. The van der Waals surface area contributed by atoms with Crippen LogP contribution >= 0.6 is 0 Å². The molecule has 1 atom stereocenters. The number of sulfonamides is 1. The van der Waals surface area contributed by atoms with Gasteiger partial charge < -0.3 is 4.74 Å². The fourth-order valence-electron chi connectivity index (χ4n) is 3.11. The summed E-state index contributed by atoms with van der Waals surface area (Å²) in [6.45, 7) is 5.12. The number of hydrogen-bond donors (Lipinski definition) is 0. The predicted octanol–water partition coefficient (Wildman–Crippen LogP) is 0.608. The number of benzene rings is 1. The number of ether oxygens (including phenoxy) is 1. The number of non-ortho nitro benzene ring substituents is 1. The van der Waals surface area contributed by atoms with E-state index in [1.807, 2.05) is 0 Å². The lowest BCUT2D eigenvalue weighted by Crippen LogP contribution is -2.59. The van der Waals surface area contributed by atoms with E-state index >= 15 is 0 Å². The van der Waals surface area contributed by atoms with E-state index in [0.29, 0.717) is 38.4 Å². The van der Waals surface area contributed by atoms with Crippen molar-refractivity contribution >= 4 is 15.7 Å². The number of morpholine rings is 1. The zero-order chi connectivity index (χ0) is 16.6. The van der Waals surface area contributed by atoms with E-state index < -0.39 is 14.9 Å². The van der Waals surface area contributed by atoms with Gasteiger partial charge in [0.1, 0.15) is 0 Å². The molecule has 0 aliphatic carbocycles. The van der Waals surface area contributed by atoms with Crippen LogP contribution in [0.15, 0.2) is 23.1 Å². The summed E-state index contributed by atoms with van der Waals surface area (Å²) in [5, 5.41) is 10.8. The van der Waals surface area contributed by atoms with E-state index in [9.17, 15) is 18.5 Å². The molecule has 0 unspecified atom stereocenters. The Morgan fingerprint density at radius 3 is 2.78 bits per heavy atom. The number of piperazine rings is 1. The lowest BCUT2D eigenvalue weighted by Gasteiger charge is -2.43. The molecule has 2 heterocycles. The van der Waals surface area contributed by atoms with Crippen molar-refractivity contribution < 1.29 is 18.1 Å². The molecule has 23 heavy (non-hydrogen) atoms. The quantitative estimate of drug-likeness (QED) is 0.591. The van der Waals surface area contributed by atoms with Crippen molar-refractivity contribution in [1.82, 2.24) is 9.21 Å². The highest BCUT2D eigenvalue weighted by Gasteiger charge is 2.36. The second-order valence-electron chi connectivity index (χ2n) is 5.83. The zero-order valence-corrected chi connectivity index (χ0v) is 13.7. The predicted molar refractivity (Wildman–Crippen MR) is 82.8 cm³/mol. The number of nitro benzene ring substituents is 1. The number of hydrogen-bond acceptors (Lipinski definition) is 6. The van der Waals surface area contributed by atoms with Crippen LogP contribution in [-0.4, -0.2) is 68.0 Å². The topological polar surface area (TPSA) is 93.0 Å². The highest BCUT2D eigenvalue weighted by atomic mass is 32.2. The Labute approximate surface area is 134 Å². The Balaban J connectivity index is 1.85. The summed E-state index contributed by atoms with van der Waals surface area (Å²) in [6.07, 6.45) is 0. The summed E-state index contributed by atoms with van der Waals surface area (Å²) in [7, 11) is -3.66. The van der Waals surface area contributed by atoms with E-state index in [1.165, 1.54) is 22.5 Å². The molecule has 2 saturated heterocycles. The maximum Gasteiger partial charge on any atom is 0.269 e. The monoisotopic (exact) mass is 341 g/mol. The van der Waals surface area contributed by atoms with Gasteiger partial charge in [-0.25, -0.2) is 8.42 Å². The smallest absolute Gasteiger partial charge is 0.269 e. The summed E-state index contributed by atoms with van der Waals surface area (Å²) in [5.41, 5.74) is 0.286. The van der Waals surface area contributed by atoms with E-state index in [0.717, 1.165) is 6.54 Å². The third-order valence-electron chi connectivity index (χ3n) is 4.39. The highest BCUT2D eigenvalue weighted by molar-refractivity contribution is 7.89. The van der Waals surface area contributed by atoms with Crippen LogP contribution in [0.3, 0.4) is 0 Å². The number of nitro groups is 1. The fraction of sp³-hybridized carbons (Fsp3) is 0.571. The Morgan fingerprint density at radius 1 is 1.30 bits per heavy atom. The molecule has 0 radical (unpaired) electrons. The molecule has 8 nitrogen and oxygen atoms in total. The van der Waals surface area contributed by atoms with E-state index in [1.54, 1.807) is 6.92 Å². The minimum atomic E-state index is -3.66. The van der Waals surface area contributed by atoms with Crippen LogP contribution in [0, 0.1) is 17.0 Å². The van der Waals surface area contributed by atoms with Crippen LogP contribution in [-0.2, 0) is 14.8 Å². The molecular formula is C14H19N3O5S. The average molecular weight is 341 g/mol. The number of rotatable bonds is 3. The highest BCUT2D eigenvalue weighted by Crippen LogP contribution is 2.26. The second-order valence-corrected chi connectivity index (χ2v) is 7.74. The minimum absolute atomic E-state index is 0.0747. The Bertz CT molecular complexity index is 721. The third-order valence-corrected chi connectivity index (χ3v) is 6.41. The lowest BCUT2D eigenvalue weighted by atomic mass is 10.2. The van der Waals surface area contributed by atoms with Crippen LogP contribution in [0.2, 0.25) is 0 Å². The molecule has 2 aliphatic rings. The van der Waals surface area contributed by atoms with Crippen molar-refractivity contribution in [2.45, 2.75) is 17.9 Å². The molecule has 0 bridgehead atoms. The van der Waals surface area contributed by atoms with Crippen molar-refractivity contribution in [3.05, 3.63) is 33.9 Å². The van der Waals surface area contributed by atoms with Gasteiger partial charge in [-0.15, -0.1) is 0 Å². The van der Waals surface area contributed by atoms with Crippen molar-refractivity contribution in [1.29, 1.82) is 0 Å². The molecule has 2 fully saturated rings. The van der Waals surface area contributed by atoms with Gasteiger partial charge in [0.05, 0.1) is 23.0 Å². The van der Waals surface area contributed by atoms with Gasteiger partial charge >= 0.3 is 0 Å². The molecule has 2 aliphatic heterocycles. The Morgan fingerprint density at radius 2 is 2.09 bits per heavy atom. The van der Waals surface area contributed by atoms with Crippen LogP contribution < -0.4 is 0 Å². The number of fused-ring (bicyclic) bond motifs is 1. The number of nitrogens with zero attached hydrogens (tertiary/aromatic N) is 3. The van der Waals surface area contributed by atoms with Gasteiger partial charge in [0.25, 0.3) is 5.69 Å². The van der Waals surface area contributed by atoms with E-state index in [-0.39, 0.29) is 16.6 Å². The van der Waals surface area contributed by atoms with Gasteiger partial charge in [-0.2, -0.15) is 4.31 Å². The zero-order valence-electron chi connectivity index (χ0n) is 12.8. The number of aryl methyl sites for hydroxylation is 1. The Hall–Kier alpha value is -1.55. The van der Waals surface area contributed by atoms with Crippen molar-refractivity contribution in [2.24, 2.45) is 0 Å². The summed E-state index contributed by atoms with van der Waals surface area (Å²) in [5.74, 6) is 0. The minimum Gasteiger partial charge on any atom is -0.378 e. The maximum absolute atomic E-state index is 12.9. The van der Waals surface area contributed by atoms with Gasteiger partial charge in [-0.3, -0.25) is 15.0 Å². The van der Waals surface area contributed by atoms with Crippen LogP contribution in [0.5, 0.6) is 0 Å². The van der Waals surface area contributed by atoms with E-state index in [2.05, 4.69) is 4.90 Å².